The van der Waals surface area contributed by atoms with E-state index in [1.807, 2.05) is 71.3 Å². The van der Waals surface area contributed by atoms with Crippen molar-refractivity contribution in [3.05, 3.63) is 93.6 Å². The van der Waals surface area contributed by atoms with Gasteiger partial charge < -0.3 is 9.88 Å². The number of pyridine rings is 1. The molecule has 33 heavy (non-hydrogen) atoms. The molecule has 1 N–H and O–H groups in total. The first-order valence-electron chi connectivity index (χ1n) is 11.4. The highest BCUT2D eigenvalue weighted by Crippen LogP contribution is 2.26. The second-order valence-corrected chi connectivity index (χ2v) is 9.00. The van der Waals surface area contributed by atoms with Crippen LogP contribution in [0.25, 0.3) is 21.8 Å². The van der Waals surface area contributed by atoms with Gasteiger partial charge in [0, 0.05) is 22.3 Å². The molecular weight excluding hydrogens is 434 g/mol. The minimum atomic E-state index is -0.0832. The summed E-state index contributed by atoms with van der Waals surface area (Å²) in [5, 5.41) is 5.10. The van der Waals surface area contributed by atoms with E-state index in [0.717, 1.165) is 29.7 Å². The second kappa shape index (κ2) is 9.38. The first kappa shape index (κ1) is 21.7. The number of hydrogen-bond acceptors (Lipinski definition) is 3. The summed E-state index contributed by atoms with van der Waals surface area (Å²) < 4.78 is 1.94. The fraction of sp³-hybridized carbons (Fsp3) is 0.259. The van der Waals surface area contributed by atoms with Crippen molar-refractivity contribution >= 4 is 39.3 Å². The number of likely N-dealkylation sites (tertiary alicyclic amines) is 1. The molecule has 1 aliphatic rings. The Morgan fingerprint density at radius 2 is 1.55 bits per heavy atom. The highest BCUT2D eigenvalue weighted by atomic mass is 35.5. The number of fused-ring (bicyclic) bond motifs is 2. The molecule has 1 atom stereocenters. The van der Waals surface area contributed by atoms with Crippen molar-refractivity contribution in [2.24, 2.45) is 0 Å². The highest BCUT2D eigenvalue weighted by Gasteiger charge is 2.24. The first-order chi connectivity index (χ1) is 16.1. The Hall–Kier alpha value is -3.15. The Labute approximate surface area is 197 Å². The average Bonchev–Trinajstić information content (AvgIpc) is 3.37. The maximum Gasteiger partial charge on any atom is 0.240 e. The molecule has 5 nitrogen and oxygen atoms in total. The van der Waals surface area contributed by atoms with E-state index < -0.39 is 0 Å². The number of para-hydroxylation sites is 2. The second-order valence-electron chi connectivity index (χ2n) is 8.57. The SMILES string of the molecule is O=C(Cn1c2ccccc2c(=O)c2ccccc21)NCC(c1cccc(Cl)c1)N1CCCC1. The van der Waals surface area contributed by atoms with Crippen molar-refractivity contribution < 1.29 is 4.79 Å². The lowest BCUT2D eigenvalue weighted by Gasteiger charge is -2.28. The lowest BCUT2D eigenvalue weighted by atomic mass is 10.1. The Morgan fingerprint density at radius 3 is 2.18 bits per heavy atom. The summed E-state index contributed by atoms with van der Waals surface area (Å²) >= 11 is 6.25. The van der Waals surface area contributed by atoms with E-state index in [4.69, 9.17) is 11.6 Å². The van der Waals surface area contributed by atoms with Crippen LogP contribution in [0.4, 0.5) is 0 Å². The van der Waals surface area contributed by atoms with Gasteiger partial charge in [-0.25, -0.2) is 0 Å². The molecular formula is C27H26ClN3O2. The van der Waals surface area contributed by atoms with Crippen LogP contribution in [0.2, 0.25) is 5.02 Å². The van der Waals surface area contributed by atoms with Gasteiger partial charge in [-0.1, -0.05) is 48.0 Å². The Morgan fingerprint density at radius 1 is 0.909 bits per heavy atom. The molecule has 0 spiro atoms. The Balaban J connectivity index is 1.42. The van der Waals surface area contributed by atoms with Crippen molar-refractivity contribution in [3.63, 3.8) is 0 Å². The molecule has 168 valence electrons. The van der Waals surface area contributed by atoms with Crippen LogP contribution in [0.1, 0.15) is 24.4 Å². The van der Waals surface area contributed by atoms with E-state index in [-0.39, 0.29) is 23.9 Å². The molecule has 2 heterocycles. The molecule has 0 saturated carbocycles. The first-order valence-corrected chi connectivity index (χ1v) is 11.8. The van der Waals surface area contributed by atoms with E-state index in [9.17, 15) is 9.59 Å². The maximum atomic E-state index is 13.1. The van der Waals surface area contributed by atoms with Crippen LogP contribution >= 0.6 is 11.6 Å². The number of amides is 1. The van der Waals surface area contributed by atoms with Crippen molar-refractivity contribution in [2.75, 3.05) is 19.6 Å². The van der Waals surface area contributed by atoms with Gasteiger partial charge >= 0.3 is 0 Å². The van der Waals surface area contributed by atoms with Crippen molar-refractivity contribution in [1.82, 2.24) is 14.8 Å². The topological polar surface area (TPSA) is 54.3 Å². The molecule has 1 unspecified atom stereocenters. The predicted molar refractivity (Wildman–Crippen MR) is 134 cm³/mol. The number of carbonyl (C=O) groups is 1. The van der Waals surface area contributed by atoms with Gasteiger partial charge in [-0.3, -0.25) is 14.5 Å². The maximum absolute atomic E-state index is 13.1. The summed E-state index contributed by atoms with van der Waals surface area (Å²) in [6.45, 7) is 2.68. The number of hydrogen-bond donors (Lipinski definition) is 1. The molecule has 1 amide bonds. The van der Waals surface area contributed by atoms with Gasteiger partial charge in [0.15, 0.2) is 5.43 Å². The summed E-state index contributed by atoms with van der Waals surface area (Å²) in [6, 6.07) is 22.9. The minimum Gasteiger partial charge on any atom is -0.353 e. The minimum absolute atomic E-state index is 0.00656. The lowest BCUT2D eigenvalue weighted by molar-refractivity contribution is -0.121. The van der Waals surface area contributed by atoms with Gasteiger partial charge in [-0.05, 0) is 67.9 Å². The van der Waals surface area contributed by atoms with Crippen molar-refractivity contribution in [2.45, 2.75) is 25.4 Å². The van der Waals surface area contributed by atoms with Gasteiger partial charge in [-0.2, -0.15) is 0 Å². The van der Waals surface area contributed by atoms with E-state index in [1.165, 1.54) is 12.8 Å². The van der Waals surface area contributed by atoms with Gasteiger partial charge in [0.2, 0.25) is 5.91 Å². The quantitative estimate of drug-likeness (QED) is 0.423. The summed E-state index contributed by atoms with van der Waals surface area (Å²) in [5.41, 5.74) is 2.64. The molecule has 0 radical (unpaired) electrons. The molecule has 1 aliphatic heterocycles. The molecule has 3 aromatic carbocycles. The van der Waals surface area contributed by atoms with Crippen LogP contribution in [0, 0.1) is 0 Å². The molecule has 0 bridgehead atoms. The van der Waals surface area contributed by atoms with Crippen LogP contribution < -0.4 is 10.7 Å². The number of nitrogens with one attached hydrogen (secondary N) is 1. The number of halogens is 1. The van der Waals surface area contributed by atoms with Crippen LogP contribution in [-0.4, -0.2) is 35.0 Å². The monoisotopic (exact) mass is 459 g/mol. The molecule has 1 fully saturated rings. The smallest absolute Gasteiger partial charge is 0.240 e. The zero-order valence-electron chi connectivity index (χ0n) is 18.3. The van der Waals surface area contributed by atoms with E-state index in [1.54, 1.807) is 0 Å². The number of benzene rings is 3. The fourth-order valence-corrected chi connectivity index (χ4v) is 5.08. The number of aromatic nitrogens is 1. The van der Waals surface area contributed by atoms with E-state index in [0.29, 0.717) is 22.3 Å². The van der Waals surface area contributed by atoms with Crippen molar-refractivity contribution in [3.8, 4) is 0 Å². The molecule has 5 rings (SSSR count). The van der Waals surface area contributed by atoms with Crippen LogP contribution in [0.3, 0.4) is 0 Å². The molecule has 1 saturated heterocycles. The summed E-state index contributed by atoms with van der Waals surface area (Å²) in [7, 11) is 0. The van der Waals surface area contributed by atoms with Gasteiger partial charge in [0.25, 0.3) is 0 Å². The number of rotatable bonds is 6. The average molecular weight is 460 g/mol. The number of nitrogens with zero attached hydrogens (tertiary/aromatic N) is 2. The largest absolute Gasteiger partial charge is 0.353 e. The van der Waals surface area contributed by atoms with Gasteiger partial charge in [0.1, 0.15) is 6.54 Å². The van der Waals surface area contributed by atoms with Crippen molar-refractivity contribution in [1.29, 1.82) is 0 Å². The van der Waals surface area contributed by atoms with E-state index in [2.05, 4.69) is 16.3 Å². The third-order valence-corrected chi connectivity index (χ3v) is 6.72. The third kappa shape index (κ3) is 4.39. The molecule has 4 aromatic rings. The summed E-state index contributed by atoms with van der Waals surface area (Å²) in [4.78, 5) is 28.5. The zero-order chi connectivity index (χ0) is 22.8. The Kier molecular flexibility index (Phi) is 6.16. The lowest BCUT2D eigenvalue weighted by Crippen LogP contribution is -2.38. The third-order valence-electron chi connectivity index (χ3n) is 6.49. The fourth-order valence-electron chi connectivity index (χ4n) is 4.88. The van der Waals surface area contributed by atoms with Gasteiger partial charge in [0.05, 0.1) is 17.1 Å². The molecule has 6 heteroatoms. The summed E-state index contributed by atoms with van der Waals surface area (Å²) in [6.07, 6.45) is 2.33. The normalized spacial score (nSPS) is 15.2. The molecule has 0 aliphatic carbocycles. The standard InChI is InChI=1S/C27H26ClN3O2/c28-20-9-7-8-19(16-20)25(30-14-5-6-15-30)17-29-26(32)18-31-23-12-3-1-10-21(23)27(33)22-11-2-4-13-24(22)31/h1-4,7-13,16,25H,5-6,14-15,17-18H2,(H,29,32). The van der Waals surface area contributed by atoms with Crippen LogP contribution in [0.5, 0.6) is 0 Å². The van der Waals surface area contributed by atoms with Gasteiger partial charge in [-0.15, -0.1) is 0 Å². The van der Waals surface area contributed by atoms with Crippen LogP contribution in [-0.2, 0) is 11.3 Å². The number of carbonyl (C=O) groups excluding carboxylic acids is 1. The van der Waals surface area contributed by atoms with Crippen LogP contribution in [0.15, 0.2) is 77.6 Å². The summed E-state index contributed by atoms with van der Waals surface area (Å²) in [5.74, 6) is -0.0832. The molecule has 1 aromatic heterocycles. The highest BCUT2D eigenvalue weighted by molar-refractivity contribution is 6.30. The van der Waals surface area contributed by atoms with E-state index >= 15 is 0 Å². The Bertz CT molecular complexity index is 1310. The predicted octanol–water partition coefficient (Wildman–Crippen LogP) is 4.76. The zero-order valence-corrected chi connectivity index (χ0v) is 19.1.